The van der Waals surface area contributed by atoms with Gasteiger partial charge in [-0.3, -0.25) is 4.79 Å². The molecule has 0 spiro atoms. The van der Waals surface area contributed by atoms with Gasteiger partial charge in [0.25, 0.3) is 0 Å². The van der Waals surface area contributed by atoms with Crippen molar-refractivity contribution < 1.29 is 46.2 Å². The van der Waals surface area contributed by atoms with Gasteiger partial charge >= 0.3 is 5.97 Å². The van der Waals surface area contributed by atoms with E-state index in [-0.39, 0.29) is 45.5 Å². The van der Waals surface area contributed by atoms with Crippen molar-refractivity contribution in [3.63, 3.8) is 0 Å². The molecule has 0 aliphatic carbocycles. The number of hydrogen-bond acceptors (Lipinski definition) is 4. The summed E-state index contributed by atoms with van der Waals surface area (Å²) in [5, 5.41) is 18.4. The fourth-order valence-corrected chi connectivity index (χ4v) is 3.26. The standard InChI is InChI=1S/C17H18F2N2O4.Ag/c1-2-20-8-11(17(24)25)16(23)10-7-12(18)15(13(19)14(10)20)21-5-3-9(22)4-6-21;/h7-9,22H,2-6H2,1H3,(H,24,25);. The molecule has 1 aromatic carbocycles. The summed E-state index contributed by atoms with van der Waals surface area (Å²) < 4.78 is 31.0. The molecule has 1 aliphatic rings. The van der Waals surface area contributed by atoms with Gasteiger partial charge in [0.15, 0.2) is 5.82 Å². The minimum Gasteiger partial charge on any atom is -0.477 e. The fourth-order valence-electron chi connectivity index (χ4n) is 3.26. The van der Waals surface area contributed by atoms with E-state index in [0.717, 1.165) is 12.3 Å². The SMILES string of the molecule is CCn1cc(C(=O)O)c(=O)c2cc(F)c(N3CCC(O)CC3)c(F)c21.[Ag]. The molecule has 26 heavy (non-hydrogen) atoms. The largest absolute Gasteiger partial charge is 0.477 e. The summed E-state index contributed by atoms with van der Waals surface area (Å²) >= 11 is 0. The van der Waals surface area contributed by atoms with Crippen LogP contribution in [0.4, 0.5) is 14.5 Å². The molecular weight excluding hydrogens is 442 g/mol. The number of pyridine rings is 1. The number of aryl methyl sites for hydroxylation is 1. The minimum absolute atomic E-state index is 0. The normalized spacial score (nSPS) is 15.2. The zero-order chi connectivity index (χ0) is 18.3. The minimum atomic E-state index is -1.44. The fraction of sp³-hybridized carbons (Fsp3) is 0.412. The summed E-state index contributed by atoms with van der Waals surface area (Å²) in [6, 6.07) is 0.902. The van der Waals surface area contributed by atoms with Crippen LogP contribution >= 0.6 is 0 Å². The summed E-state index contributed by atoms with van der Waals surface area (Å²) in [5.74, 6) is -3.24. The van der Waals surface area contributed by atoms with Gasteiger partial charge in [-0.1, -0.05) is 0 Å². The first kappa shape index (κ1) is 20.6. The van der Waals surface area contributed by atoms with E-state index in [2.05, 4.69) is 0 Å². The van der Waals surface area contributed by atoms with Crippen LogP contribution in [0.25, 0.3) is 10.9 Å². The summed E-state index contributed by atoms with van der Waals surface area (Å²) in [4.78, 5) is 25.0. The van der Waals surface area contributed by atoms with Gasteiger partial charge in [0, 0.05) is 48.2 Å². The van der Waals surface area contributed by atoms with Gasteiger partial charge in [0.2, 0.25) is 5.43 Å². The van der Waals surface area contributed by atoms with E-state index >= 15 is 4.39 Å². The number of fused-ring (bicyclic) bond motifs is 1. The number of hydrogen-bond donors (Lipinski definition) is 2. The summed E-state index contributed by atoms with van der Waals surface area (Å²) in [6.07, 6.45) is 1.39. The van der Waals surface area contributed by atoms with E-state index in [4.69, 9.17) is 5.11 Å². The summed E-state index contributed by atoms with van der Waals surface area (Å²) in [6.45, 7) is 2.49. The quantitative estimate of drug-likeness (QED) is 0.685. The number of aromatic nitrogens is 1. The summed E-state index contributed by atoms with van der Waals surface area (Å²) in [5.41, 5.74) is -1.79. The van der Waals surface area contributed by atoms with Crippen LogP contribution in [0.2, 0.25) is 0 Å². The second-order valence-corrected chi connectivity index (χ2v) is 6.10. The Labute approximate surface area is 163 Å². The van der Waals surface area contributed by atoms with Crippen LogP contribution in [0.1, 0.15) is 30.1 Å². The third-order valence-corrected chi connectivity index (χ3v) is 4.58. The van der Waals surface area contributed by atoms with E-state index in [1.54, 1.807) is 6.92 Å². The predicted molar refractivity (Wildman–Crippen MR) is 88.2 cm³/mol. The molecule has 1 saturated heterocycles. The Balaban J connectivity index is 0.00000243. The molecule has 2 aromatic rings. The zero-order valence-corrected chi connectivity index (χ0v) is 15.4. The van der Waals surface area contributed by atoms with Gasteiger partial charge in [0.05, 0.1) is 17.0 Å². The van der Waals surface area contributed by atoms with Crippen molar-refractivity contribution in [2.45, 2.75) is 32.4 Å². The van der Waals surface area contributed by atoms with Crippen LogP contribution in [0, 0.1) is 11.6 Å². The molecule has 0 unspecified atom stereocenters. The Morgan fingerprint density at radius 1 is 1.31 bits per heavy atom. The summed E-state index contributed by atoms with van der Waals surface area (Å²) in [7, 11) is 0. The molecule has 6 nitrogen and oxygen atoms in total. The first-order valence-corrected chi connectivity index (χ1v) is 8.06. The van der Waals surface area contributed by atoms with Crippen LogP contribution in [-0.4, -0.2) is 39.9 Å². The number of carboxylic acid groups (broad SMARTS) is 1. The average Bonchev–Trinajstić information content (AvgIpc) is 2.57. The Morgan fingerprint density at radius 2 is 1.92 bits per heavy atom. The predicted octanol–water partition coefficient (Wildman–Crippen LogP) is 1.96. The van der Waals surface area contributed by atoms with Crippen molar-refractivity contribution >= 4 is 22.6 Å². The molecule has 3 rings (SSSR count). The molecule has 1 radical (unpaired) electrons. The number of piperidine rings is 1. The first-order chi connectivity index (χ1) is 11.8. The van der Waals surface area contributed by atoms with E-state index in [0.29, 0.717) is 25.9 Å². The molecule has 0 saturated carbocycles. The number of aliphatic hydroxyl groups excluding tert-OH is 1. The molecule has 1 fully saturated rings. The number of aliphatic hydroxyl groups is 1. The second kappa shape index (κ2) is 7.87. The topological polar surface area (TPSA) is 82.8 Å². The maximum absolute atomic E-state index is 15.1. The molecule has 1 aliphatic heterocycles. The first-order valence-electron chi connectivity index (χ1n) is 8.06. The molecule has 0 atom stereocenters. The molecule has 2 heterocycles. The average molecular weight is 460 g/mol. The van der Waals surface area contributed by atoms with Crippen LogP contribution in [0.5, 0.6) is 0 Å². The molecule has 9 heteroatoms. The van der Waals surface area contributed by atoms with Gasteiger partial charge in [-0.15, -0.1) is 0 Å². The van der Waals surface area contributed by atoms with Crippen molar-refractivity contribution in [1.82, 2.24) is 4.57 Å². The van der Waals surface area contributed by atoms with Gasteiger partial charge < -0.3 is 19.7 Å². The monoisotopic (exact) mass is 459 g/mol. The maximum Gasteiger partial charge on any atom is 0.341 e. The van der Waals surface area contributed by atoms with Gasteiger partial charge in [-0.2, -0.15) is 0 Å². The zero-order valence-electron chi connectivity index (χ0n) is 13.9. The molecule has 2 N–H and O–H groups in total. The van der Waals surface area contributed by atoms with Gasteiger partial charge in [-0.25, -0.2) is 13.6 Å². The van der Waals surface area contributed by atoms with Crippen molar-refractivity contribution in [3.05, 3.63) is 39.7 Å². The van der Waals surface area contributed by atoms with Gasteiger partial charge in [0.1, 0.15) is 17.1 Å². The molecule has 145 valence electrons. The Kier molecular flexibility index (Phi) is 6.23. The van der Waals surface area contributed by atoms with Crippen LogP contribution in [0.15, 0.2) is 17.1 Å². The van der Waals surface area contributed by atoms with Crippen LogP contribution in [0.3, 0.4) is 0 Å². The number of rotatable bonds is 3. The molecule has 0 amide bonds. The van der Waals surface area contributed by atoms with E-state index in [9.17, 15) is 19.1 Å². The third-order valence-electron chi connectivity index (χ3n) is 4.58. The van der Waals surface area contributed by atoms with Crippen LogP contribution < -0.4 is 10.3 Å². The van der Waals surface area contributed by atoms with Crippen molar-refractivity contribution in [2.24, 2.45) is 0 Å². The Morgan fingerprint density at radius 3 is 2.46 bits per heavy atom. The Bertz CT molecular complexity index is 908. The van der Waals surface area contributed by atoms with E-state index in [1.807, 2.05) is 0 Å². The van der Waals surface area contributed by atoms with E-state index < -0.39 is 34.7 Å². The number of carbonyl (C=O) groups is 1. The smallest absolute Gasteiger partial charge is 0.341 e. The number of anilines is 1. The number of carboxylic acids is 1. The number of aromatic carboxylic acids is 1. The molecule has 1 aromatic heterocycles. The number of halogens is 2. The van der Waals surface area contributed by atoms with Crippen LogP contribution in [-0.2, 0) is 28.9 Å². The van der Waals surface area contributed by atoms with Crippen molar-refractivity contribution in [1.29, 1.82) is 0 Å². The van der Waals surface area contributed by atoms with Crippen molar-refractivity contribution in [3.8, 4) is 0 Å². The maximum atomic E-state index is 15.1. The second-order valence-electron chi connectivity index (χ2n) is 6.10. The van der Waals surface area contributed by atoms with E-state index in [1.165, 1.54) is 9.47 Å². The molecule has 0 bridgehead atoms. The number of benzene rings is 1. The van der Waals surface area contributed by atoms with Crippen molar-refractivity contribution in [2.75, 3.05) is 18.0 Å². The molecular formula is C17H18AgF2N2O4. The van der Waals surface area contributed by atoms with Gasteiger partial charge in [-0.05, 0) is 25.8 Å². The number of nitrogens with zero attached hydrogens (tertiary/aromatic N) is 2. The third kappa shape index (κ3) is 3.42. The Hall–Kier alpha value is -1.74.